The molecule has 0 radical (unpaired) electrons. The molecule has 0 heterocycles. The van der Waals surface area contributed by atoms with Crippen LogP contribution in [0, 0.1) is 11.7 Å². The summed E-state index contributed by atoms with van der Waals surface area (Å²) in [4.78, 5) is -0.254. The number of rotatable bonds is 5. The second-order valence-corrected chi connectivity index (χ2v) is 6.15. The van der Waals surface area contributed by atoms with Gasteiger partial charge in [0.2, 0.25) is 10.0 Å². The summed E-state index contributed by atoms with van der Waals surface area (Å²) < 4.78 is 38.9. The third kappa shape index (κ3) is 3.94. The highest BCUT2D eigenvalue weighted by atomic mass is 32.2. The molecule has 0 aromatic heterocycles. The van der Waals surface area contributed by atoms with Crippen LogP contribution >= 0.6 is 0 Å². The van der Waals surface area contributed by atoms with Crippen molar-refractivity contribution in [2.45, 2.75) is 24.8 Å². The van der Waals surface area contributed by atoms with Crippen LogP contribution in [0.15, 0.2) is 23.1 Å². The van der Waals surface area contributed by atoms with Gasteiger partial charge in [0, 0.05) is 12.2 Å². The van der Waals surface area contributed by atoms with Gasteiger partial charge in [-0.3, -0.25) is 0 Å². The summed E-state index contributed by atoms with van der Waals surface area (Å²) in [6.45, 7) is 3.40. The van der Waals surface area contributed by atoms with Gasteiger partial charge in [-0.25, -0.2) is 17.5 Å². The van der Waals surface area contributed by atoms with Crippen LogP contribution in [0.25, 0.3) is 0 Å². The molecule has 1 aromatic carbocycles. The Kier molecular flexibility index (Phi) is 4.66. The number of halogens is 1. The molecule has 0 bridgehead atoms. The minimum atomic E-state index is -3.86. The number of benzene rings is 1. The second-order valence-electron chi connectivity index (χ2n) is 4.38. The van der Waals surface area contributed by atoms with Gasteiger partial charge in [-0.05, 0) is 24.1 Å². The van der Waals surface area contributed by atoms with Crippen molar-refractivity contribution in [3.05, 3.63) is 24.0 Å². The average Bonchev–Trinajstić information content (AvgIpc) is 2.24. The van der Waals surface area contributed by atoms with Crippen LogP contribution < -0.4 is 10.5 Å². The van der Waals surface area contributed by atoms with Gasteiger partial charge in [-0.15, -0.1) is 0 Å². The molecule has 5 nitrogen and oxygen atoms in total. The molecule has 1 aromatic rings. The number of hydrogen-bond acceptors (Lipinski definition) is 4. The molecular weight excluding hydrogens is 259 g/mol. The molecule has 4 N–H and O–H groups in total. The zero-order chi connectivity index (χ0) is 13.9. The van der Waals surface area contributed by atoms with E-state index in [1.165, 1.54) is 0 Å². The van der Waals surface area contributed by atoms with Crippen molar-refractivity contribution in [1.29, 1.82) is 0 Å². The highest BCUT2D eigenvalue weighted by Crippen LogP contribution is 2.15. The van der Waals surface area contributed by atoms with Gasteiger partial charge in [0.1, 0.15) is 5.82 Å². The third-order valence-corrected chi connectivity index (χ3v) is 3.86. The summed E-state index contributed by atoms with van der Waals surface area (Å²) in [6, 6.07) is 3.07. The Morgan fingerprint density at radius 1 is 1.39 bits per heavy atom. The van der Waals surface area contributed by atoms with Crippen LogP contribution in [0.1, 0.15) is 13.8 Å². The van der Waals surface area contributed by atoms with E-state index in [9.17, 15) is 17.9 Å². The number of hydrogen-bond donors (Lipinski definition) is 3. The Morgan fingerprint density at radius 2 is 2.00 bits per heavy atom. The number of sulfonamides is 1. The first-order valence-electron chi connectivity index (χ1n) is 5.46. The fraction of sp³-hybridized carbons (Fsp3) is 0.455. The molecule has 7 heteroatoms. The van der Waals surface area contributed by atoms with Crippen LogP contribution in [0.3, 0.4) is 0 Å². The van der Waals surface area contributed by atoms with Gasteiger partial charge in [0.05, 0.1) is 11.0 Å². The summed E-state index contributed by atoms with van der Waals surface area (Å²) >= 11 is 0. The van der Waals surface area contributed by atoms with Gasteiger partial charge in [0.25, 0.3) is 0 Å². The largest absolute Gasteiger partial charge is 0.399 e. The molecular formula is C11H17FN2O3S. The van der Waals surface area contributed by atoms with Gasteiger partial charge in [-0.1, -0.05) is 13.8 Å². The summed E-state index contributed by atoms with van der Waals surface area (Å²) in [5, 5.41) is 9.52. The SMILES string of the molecule is CC(C)C(O)CNS(=O)(=O)c1cc(N)cc(F)c1. The minimum absolute atomic E-state index is 0.0276. The lowest BCUT2D eigenvalue weighted by atomic mass is 10.1. The lowest BCUT2D eigenvalue weighted by Gasteiger charge is -2.15. The molecule has 0 aliphatic carbocycles. The molecule has 1 unspecified atom stereocenters. The van der Waals surface area contributed by atoms with Gasteiger partial charge < -0.3 is 10.8 Å². The van der Waals surface area contributed by atoms with Gasteiger partial charge in [-0.2, -0.15) is 0 Å². The Bertz CT molecular complexity index is 497. The molecule has 0 aliphatic heterocycles. The number of anilines is 1. The average molecular weight is 276 g/mol. The van der Waals surface area contributed by atoms with E-state index in [4.69, 9.17) is 5.73 Å². The molecule has 1 rings (SSSR count). The van der Waals surface area contributed by atoms with E-state index in [1.54, 1.807) is 13.8 Å². The molecule has 1 atom stereocenters. The van der Waals surface area contributed by atoms with Crippen molar-refractivity contribution in [2.75, 3.05) is 12.3 Å². The second kappa shape index (κ2) is 5.64. The van der Waals surface area contributed by atoms with Crippen molar-refractivity contribution >= 4 is 15.7 Å². The molecule has 0 amide bonds. The van der Waals surface area contributed by atoms with Crippen LogP contribution in [0.4, 0.5) is 10.1 Å². The Balaban J connectivity index is 2.86. The van der Waals surface area contributed by atoms with E-state index in [2.05, 4.69) is 4.72 Å². The summed E-state index contributed by atoms with van der Waals surface area (Å²) in [5.74, 6) is -0.801. The van der Waals surface area contributed by atoms with E-state index in [0.717, 1.165) is 18.2 Å². The molecule has 0 saturated heterocycles. The zero-order valence-corrected chi connectivity index (χ0v) is 11.0. The number of nitrogens with two attached hydrogens (primary N) is 1. The molecule has 102 valence electrons. The van der Waals surface area contributed by atoms with Crippen LogP contribution in [0.2, 0.25) is 0 Å². The van der Waals surface area contributed by atoms with E-state index in [1.807, 2.05) is 0 Å². The first kappa shape index (κ1) is 14.9. The maximum Gasteiger partial charge on any atom is 0.240 e. The summed E-state index contributed by atoms with van der Waals surface area (Å²) in [5.41, 5.74) is 5.41. The zero-order valence-electron chi connectivity index (χ0n) is 10.2. The van der Waals surface area contributed by atoms with Crippen LogP contribution in [-0.4, -0.2) is 26.2 Å². The Hall–Kier alpha value is -1.18. The maximum absolute atomic E-state index is 13.1. The fourth-order valence-electron chi connectivity index (χ4n) is 1.25. The van der Waals surface area contributed by atoms with E-state index in [0.29, 0.717) is 0 Å². The van der Waals surface area contributed by atoms with Crippen molar-refractivity contribution in [1.82, 2.24) is 4.72 Å². The van der Waals surface area contributed by atoms with E-state index < -0.39 is 21.9 Å². The predicted molar refractivity (Wildman–Crippen MR) is 66.8 cm³/mol. The lowest BCUT2D eigenvalue weighted by Crippen LogP contribution is -2.34. The number of nitrogen functional groups attached to an aromatic ring is 1. The van der Waals surface area contributed by atoms with Gasteiger partial charge >= 0.3 is 0 Å². The molecule has 0 saturated carbocycles. The quantitative estimate of drug-likeness (QED) is 0.690. The summed E-state index contributed by atoms with van der Waals surface area (Å²) in [7, 11) is -3.86. The third-order valence-electron chi connectivity index (χ3n) is 2.46. The van der Waals surface area contributed by atoms with E-state index in [-0.39, 0.29) is 23.0 Å². The molecule has 0 fully saturated rings. The van der Waals surface area contributed by atoms with Crippen molar-refractivity contribution in [2.24, 2.45) is 5.92 Å². The topological polar surface area (TPSA) is 92.4 Å². The smallest absolute Gasteiger partial charge is 0.240 e. The highest BCUT2D eigenvalue weighted by molar-refractivity contribution is 7.89. The Labute approximate surface area is 106 Å². The van der Waals surface area contributed by atoms with Crippen molar-refractivity contribution in [3.63, 3.8) is 0 Å². The first-order valence-corrected chi connectivity index (χ1v) is 6.94. The van der Waals surface area contributed by atoms with Crippen molar-refractivity contribution in [3.8, 4) is 0 Å². The Morgan fingerprint density at radius 3 is 2.50 bits per heavy atom. The van der Waals surface area contributed by atoms with Crippen LogP contribution in [-0.2, 0) is 10.0 Å². The predicted octanol–water partition coefficient (Wildman–Crippen LogP) is 0.703. The van der Waals surface area contributed by atoms with Crippen LogP contribution in [0.5, 0.6) is 0 Å². The normalized spacial score (nSPS) is 13.8. The monoisotopic (exact) mass is 276 g/mol. The van der Waals surface area contributed by atoms with Gasteiger partial charge in [0.15, 0.2) is 0 Å². The highest BCUT2D eigenvalue weighted by Gasteiger charge is 2.18. The molecule has 0 spiro atoms. The first-order chi connectivity index (χ1) is 8.22. The molecule has 0 aliphatic rings. The number of aliphatic hydroxyl groups excluding tert-OH is 1. The summed E-state index contributed by atoms with van der Waals surface area (Å²) in [6.07, 6.45) is -0.800. The number of aliphatic hydroxyl groups is 1. The maximum atomic E-state index is 13.1. The minimum Gasteiger partial charge on any atom is -0.399 e. The lowest BCUT2D eigenvalue weighted by molar-refractivity contribution is 0.129. The fourth-order valence-corrected chi connectivity index (χ4v) is 2.37. The molecule has 18 heavy (non-hydrogen) atoms. The standard InChI is InChI=1S/C11H17FN2O3S/c1-7(2)11(15)6-14-18(16,17)10-4-8(12)3-9(13)5-10/h3-5,7,11,14-15H,6,13H2,1-2H3. The van der Waals surface area contributed by atoms with E-state index >= 15 is 0 Å². The number of nitrogens with one attached hydrogen (secondary N) is 1. The van der Waals surface area contributed by atoms with Crippen molar-refractivity contribution < 1.29 is 17.9 Å².